The van der Waals surface area contributed by atoms with Crippen LogP contribution in [0.5, 0.6) is 5.75 Å². The molecule has 6 nitrogen and oxygen atoms in total. The largest absolute Gasteiger partial charge is 0.491 e. The molecule has 0 atom stereocenters. The van der Waals surface area contributed by atoms with Crippen LogP contribution in [0, 0.1) is 0 Å². The number of nitrogens with two attached hydrogens (primary N) is 1. The van der Waals surface area contributed by atoms with Crippen LogP contribution in [0.3, 0.4) is 0 Å². The molecule has 24 heavy (non-hydrogen) atoms. The van der Waals surface area contributed by atoms with Gasteiger partial charge in [0.2, 0.25) is 0 Å². The Morgan fingerprint density at radius 2 is 2.12 bits per heavy atom. The number of fused-ring (bicyclic) bond motifs is 1. The topological polar surface area (TPSA) is 72.5 Å². The molecule has 7 heteroatoms. The maximum Gasteiger partial charge on any atom is 0.186 e. The summed E-state index contributed by atoms with van der Waals surface area (Å²) >= 11 is 1.67. The molecule has 2 aromatic rings. The summed E-state index contributed by atoms with van der Waals surface area (Å²) in [6.07, 6.45) is 4.70. The summed E-state index contributed by atoms with van der Waals surface area (Å²) in [5, 5.41) is 4.90. The second-order valence-electron chi connectivity index (χ2n) is 5.92. The Morgan fingerprint density at radius 3 is 2.88 bits per heavy atom. The van der Waals surface area contributed by atoms with E-state index in [1.165, 1.54) is 19.3 Å². The molecule has 0 amide bonds. The van der Waals surface area contributed by atoms with Gasteiger partial charge in [0.05, 0.1) is 30.0 Å². The Morgan fingerprint density at radius 1 is 1.29 bits per heavy atom. The van der Waals surface area contributed by atoms with E-state index >= 15 is 0 Å². The van der Waals surface area contributed by atoms with E-state index in [1.807, 2.05) is 12.1 Å². The minimum absolute atomic E-state index is 0.689. The molecule has 0 radical (unpaired) electrons. The third kappa shape index (κ3) is 4.02. The van der Waals surface area contributed by atoms with Crippen molar-refractivity contribution in [3.63, 3.8) is 0 Å². The highest BCUT2D eigenvalue weighted by molar-refractivity contribution is 7.22. The number of hydrogen-bond acceptors (Lipinski definition) is 6. The molecule has 0 saturated carbocycles. The first-order valence-corrected chi connectivity index (χ1v) is 9.44. The van der Waals surface area contributed by atoms with Crippen LogP contribution in [0.4, 0.5) is 10.8 Å². The molecule has 130 valence electrons. The summed E-state index contributed by atoms with van der Waals surface area (Å²) in [7, 11) is 0. The van der Waals surface area contributed by atoms with E-state index in [-0.39, 0.29) is 0 Å². The number of hydrogen-bond donors (Lipinski definition) is 1. The Labute approximate surface area is 146 Å². The predicted molar refractivity (Wildman–Crippen MR) is 96.3 cm³/mol. The molecule has 3 rings (SSSR count). The third-order valence-electron chi connectivity index (χ3n) is 4.13. The lowest BCUT2D eigenvalue weighted by Gasteiger charge is -2.25. The highest BCUT2D eigenvalue weighted by Gasteiger charge is 2.17. The fraction of sp³-hybridized carbons (Fsp3) is 0.588. The number of ether oxygens (including phenoxy) is 2. The zero-order valence-electron chi connectivity index (χ0n) is 14.2. The monoisotopic (exact) mass is 349 g/mol. The SMILES string of the molecule is CCCCCCOc1cc2nc(N3CCOCC3)sc2cc1N=[NH2+]. The van der Waals surface area contributed by atoms with E-state index in [0.29, 0.717) is 12.3 Å². The summed E-state index contributed by atoms with van der Waals surface area (Å²) in [4.78, 5) is 7.02. The van der Waals surface area contributed by atoms with Crippen LogP contribution in [0.1, 0.15) is 32.6 Å². The van der Waals surface area contributed by atoms with Crippen molar-refractivity contribution in [3.05, 3.63) is 12.1 Å². The summed E-state index contributed by atoms with van der Waals surface area (Å²) in [5.41, 5.74) is 7.18. The van der Waals surface area contributed by atoms with Gasteiger partial charge in [0.25, 0.3) is 0 Å². The van der Waals surface area contributed by atoms with Crippen LogP contribution in [0.15, 0.2) is 17.2 Å². The van der Waals surface area contributed by atoms with E-state index in [2.05, 4.69) is 16.9 Å². The van der Waals surface area contributed by atoms with Crippen LogP contribution in [0.2, 0.25) is 0 Å². The molecule has 2 N–H and O–H groups in total. The third-order valence-corrected chi connectivity index (χ3v) is 5.21. The summed E-state index contributed by atoms with van der Waals surface area (Å²) in [6.45, 7) is 6.17. The molecule has 1 fully saturated rings. The Balaban J connectivity index is 1.75. The smallest absolute Gasteiger partial charge is 0.186 e. The Hall–Kier alpha value is -1.73. The molecule has 1 aliphatic rings. The highest BCUT2D eigenvalue weighted by Crippen LogP contribution is 2.37. The van der Waals surface area contributed by atoms with E-state index in [4.69, 9.17) is 20.0 Å². The maximum atomic E-state index is 5.89. The van der Waals surface area contributed by atoms with Gasteiger partial charge in [-0.15, -0.1) is 0 Å². The average molecular weight is 349 g/mol. The highest BCUT2D eigenvalue weighted by atomic mass is 32.1. The van der Waals surface area contributed by atoms with Crippen LogP contribution >= 0.6 is 11.3 Å². The second-order valence-corrected chi connectivity index (χ2v) is 6.93. The zero-order valence-corrected chi connectivity index (χ0v) is 15.0. The molecule has 0 bridgehead atoms. The van der Waals surface area contributed by atoms with Crippen molar-refractivity contribution in [2.75, 3.05) is 37.8 Å². The molecule has 0 unspecified atom stereocenters. The summed E-state index contributed by atoms with van der Waals surface area (Å²) in [5.74, 6) is 0.723. The van der Waals surface area contributed by atoms with E-state index in [1.54, 1.807) is 11.3 Å². The van der Waals surface area contributed by atoms with Gasteiger partial charge < -0.3 is 14.4 Å². The fourth-order valence-corrected chi connectivity index (χ4v) is 3.78. The van der Waals surface area contributed by atoms with Gasteiger partial charge in [-0.05, 0) is 17.6 Å². The number of nitrogens with zero attached hydrogens (tertiary/aromatic N) is 3. The van der Waals surface area contributed by atoms with Gasteiger partial charge in [0, 0.05) is 19.2 Å². The second kappa shape index (κ2) is 8.39. The Bertz CT molecular complexity index is 683. The normalized spacial score (nSPS) is 15.0. The number of benzene rings is 1. The zero-order chi connectivity index (χ0) is 16.8. The summed E-state index contributed by atoms with van der Waals surface area (Å²) < 4.78 is 12.4. The minimum atomic E-state index is 0.689. The lowest BCUT2D eigenvalue weighted by atomic mass is 10.2. The molecule has 2 heterocycles. The van der Waals surface area contributed by atoms with Crippen molar-refractivity contribution in [2.45, 2.75) is 32.6 Å². The molecule has 0 spiro atoms. The van der Waals surface area contributed by atoms with Crippen molar-refractivity contribution >= 4 is 32.4 Å². The molecular weight excluding hydrogens is 324 g/mol. The fourth-order valence-electron chi connectivity index (χ4n) is 2.75. The average Bonchev–Trinajstić information content (AvgIpc) is 3.04. The first-order chi connectivity index (χ1) is 11.8. The number of unbranched alkanes of at least 4 members (excludes halogenated alkanes) is 3. The van der Waals surface area contributed by atoms with Crippen LogP contribution in [-0.2, 0) is 4.74 Å². The molecule has 1 aromatic carbocycles. The maximum absolute atomic E-state index is 5.89. The predicted octanol–water partition coefficient (Wildman–Crippen LogP) is 2.93. The van der Waals surface area contributed by atoms with Gasteiger partial charge in [0.1, 0.15) is 0 Å². The number of thiazole rings is 1. The van der Waals surface area contributed by atoms with Gasteiger partial charge in [0.15, 0.2) is 16.6 Å². The van der Waals surface area contributed by atoms with Crippen molar-refractivity contribution in [1.29, 1.82) is 0 Å². The lowest BCUT2D eigenvalue weighted by Crippen LogP contribution is -2.36. The molecule has 1 saturated heterocycles. The van der Waals surface area contributed by atoms with Gasteiger partial charge >= 0.3 is 0 Å². The van der Waals surface area contributed by atoms with Crippen molar-refractivity contribution in [1.82, 2.24) is 4.98 Å². The molecule has 1 aromatic heterocycles. The summed E-state index contributed by atoms with van der Waals surface area (Å²) in [6, 6.07) is 3.93. The molecule has 0 aliphatic carbocycles. The lowest BCUT2D eigenvalue weighted by molar-refractivity contribution is -0.210. The molecule has 1 aliphatic heterocycles. The first kappa shape index (κ1) is 17.1. The first-order valence-electron chi connectivity index (χ1n) is 8.63. The van der Waals surface area contributed by atoms with Gasteiger partial charge in [-0.25, -0.2) is 4.98 Å². The molecular formula is C17H25N4O2S+. The number of rotatable bonds is 8. The van der Waals surface area contributed by atoms with E-state index in [0.717, 1.165) is 53.8 Å². The van der Waals surface area contributed by atoms with Gasteiger partial charge in [-0.2, -0.15) is 5.53 Å². The van der Waals surface area contributed by atoms with Crippen LogP contribution in [0.25, 0.3) is 10.2 Å². The van der Waals surface area contributed by atoms with E-state index < -0.39 is 0 Å². The van der Waals surface area contributed by atoms with Crippen molar-refractivity contribution in [2.24, 2.45) is 5.11 Å². The number of aromatic nitrogens is 1. The number of morpholine rings is 1. The standard InChI is InChI=1S/C17H24N4O2S/c1-2-3-4-5-8-23-15-11-14-16(12-13(15)20-18)24-17(19-14)21-6-9-22-10-7-21/h11-12,18H,2-10H2,1H3/p+1. The quantitative estimate of drug-likeness (QED) is 0.587. The van der Waals surface area contributed by atoms with Gasteiger partial charge in [-0.3, -0.25) is 0 Å². The van der Waals surface area contributed by atoms with E-state index in [9.17, 15) is 0 Å². The van der Waals surface area contributed by atoms with Gasteiger partial charge in [-0.1, -0.05) is 37.5 Å². The number of anilines is 1. The minimum Gasteiger partial charge on any atom is -0.491 e. The van der Waals surface area contributed by atoms with Crippen LogP contribution in [-0.4, -0.2) is 37.9 Å². The Kier molecular flexibility index (Phi) is 5.98. The van der Waals surface area contributed by atoms with Crippen LogP contribution < -0.4 is 15.2 Å². The van der Waals surface area contributed by atoms with Crippen molar-refractivity contribution in [3.8, 4) is 5.75 Å². The van der Waals surface area contributed by atoms with Crippen molar-refractivity contribution < 1.29 is 15.0 Å².